The van der Waals surface area contributed by atoms with Crippen LogP contribution < -0.4 is 0 Å². The SMILES string of the molecule is CC(C)c1cccc2c1oc1cc(-c3ncco3)ccc12. The summed E-state index contributed by atoms with van der Waals surface area (Å²) in [5.74, 6) is 1.04. The Labute approximate surface area is 122 Å². The van der Waals surface area contributed by atoms with Crippen molar-refractivity contribution in [1.82, 2.24) is 4.98 Å². The van der Waals surface area contributed by atoms with Crippen molar-refractivity contribution < 1.29 is 8.83 Å². The van der Waals surface area contributed by atoms with Crippen molar-refractivity contribution in [3.8, 4) is 11.5 Å². The molecule has 4 rings (SSSR count). The van der Waals surface area contributed by atoms with Crippen molar-refractivity contribution in [3.63, 3.8) is 0 Å². The van der Waals surface area contributed by atoms with E-state index in [1.807, 2.05) is 12.1 Å². The first kappa shape index (κ1) is 12.2. The van der Waals surface area contributed by atoms with E-state index in [1.54, 1.807) is 12.5 Å². The lowest BCUT2D eigenvalue weighted by Gasteiger charge is -2.04. The Morgan fingerprint density at radius 1 is 1.05 bits per heavy atom. The number of aromatic nitrogens is 1. The van der Waals surface area contributed by atoms with Gasteiger partial charge in [-0.3, -0.25) is 0 Å². The van der Waals surface area contributed by atoms with Crippen molar-refractivity contribution in [3.05, 3.63) is 54.4 Å². The molecule has 21 heavy (non-hydrogen) atoms. The van der Waals surface area contributed by atoms with E-state index < -0.39 is 0 Å². The smallest absolute Gasteiger partial charge is 0.225 e. The Bertz CT molecular complexity index is 917. The van der Waals surface area contributed by atoms with E-state index in [9.17, 15) is 0 Å². The van der Waals surface area contributed by atoms with E-state index in [0.717, 1.165) is 27.5 Å². The van der Waals surface area contributed by atoms with Crippen LogP contribution in [0.5, 0.6) is 0 Å². The zero-order valence-electron chi connectivity index (χ0n) is 12.0. The molecule has 0 fully saturated rings. The molecule has 2 aromatic heterocycles. The topological polar surface area (TPSA) is 39.2 Å². The first-order valence-corrected chi connectivity index (χ1v) is 7.09. The van der Waals surface area contributed by atoms with Crippen LogP contribution in [0, 0.1) is 0 Å². The van der Waals surface area contributed by atoms with Gasteiger partial charge in [0.05, 0.1) is 6.20 Å². The van der Waals surface area contributed by atoms with Crippen LogP contribution in [0.3, 0.4) is 0 Å². The van der Waals surface area contributed by atoms with Crippen LogP contribution >= 0.6 is 0 Å². The molecule has 2 aromatic carbocycles. The van der Waals surface area contributed by atoms with E-state index in [1.165, 1.54) is 5.56 Å². The van der Waals surface area contributed by atoms with Crippen molar-refractivity contribution in [1.29, 1.82) is 0 Å². The largest absolute Gasteiger partial charge is 0.456 e. The molecule has 0 aliphatic rings. The summed E-state index contributed by atoms with van der Waals surface area (Å²) >= 11 is 0. The average molecular weight is 277 g/mol. The molecule has 0 N–H and O–H groups in total. The number of benzene rings is 2. The first-order valence-electron chi connectivity index (χ1n) is 7.09. The van der Waals surface area contributed by atoms with Gasteiger partial charge in [-0.25, -0.2) is 4.98 Å². The molecule has 104 valence electrons. The third kappa shape index (κ3) is 1.85. The zero-order valence-corrected chi connectivity index (χ0v) is 12.0. The van der Waals surface area contributed by atoms with Gasteiger partial charge in [-0.2, -0.15) is 0 Å². The highest BCUT2D eigenvalue weighted by Crippen LogP contribution is 2.35. The molecule has 0 bridgehead atoms. The van der Waals surface area contributed by atoms with Crippen LogP contribution in [0.2, 0.25) is 0 Å². The van der Waals surface area contributed by atoms with Crippen molar-refractivity contribution >= 4 is 21.9 Å². The lowest BCUT2D eigenvalue weighted by atomic mass is 10.0. The normalized spacial score (nSPS) is 11.8. The Hall–Kier alpha value is -2.55. The minimum absolute atomic E-state index is 0.431. The highest BCUT2D eigenvalue weighted by molar-refractivity contribution is 6.06. The van der Waals surface area contributed by atoms with Gasteiger partial charge in [-0.05, 0) is 29.7 Å². The second-order valence-corrected chi connectivity index (χ2v) is 5.53. The van der Waals surface area contributed by atoms with Gasteiger partial charge in [-0.1, -0.05) is 32.0 Å². The van der Waals surface area contributed by atoms with Crippen LogP contribution in [0.25, 0.3) is 33.4 Å². The fourth-order valence-corrected chi connectivity index (χ4v) is 2.77. The molecule has 4 aromatic rings. The Balaban J connectivity index is 2.01. The second kappa shape index (κ2) is 4.48. The third-order valence-electron chi connectivity index (χ3n) is 3.83. The number of rotatable bonds is 2. The van der Waals surface area contributed by atoms with E-state index in [4.69, 9.17) is 8.83 Å². The van der Waals surface area contributed by atoms with Crippen LogP contribution in [0.15, 0.2) is 57.7 Å². The molecule has 0 amide bonds. The monoisotopic (exact) mass is 277 g/mol. The standard InChI is InChI=1S/C18H15NO2/c1-11(2)13-4-3-5-15-14-7-6-12(18-19-8-9-20-18)10-16(14)21-17(13)15/h3-11H,1-2H3. The number of nitrogens with zero attached hydrogens (tertiary/aromatic N) is 1. The number of oxazole rings is 1. The average Bonchev–Trinajstić information content (AvgIpc) is 3.13. The van der Waals surface area contributed by atoms with Crippen LogP contribution in [-0.4, -0.2) is 4.98 Å². The van der Waals surface area contributed by atoms with Gasteiger partial charge in [0.25, 0.3) is 0 Å². The van der Waals surface area contributed by atoms with E-state index in [0.29, 0.717) is 11.8 Å². The fourth-order valence-electron chi connectivity index (χ4n) is 2.77. The van der Waals surface area contributed by atoms with Gasteiger partial charge in [0.1, 0.15) is 17.4 Å². The van der Waals surface area contributed by atoms with Gasteiger partial charge in [0, 0.05) is 16.3 Å². The summed E-state index contributed by atoms with van der Waals surface area (Å²) in [5.41, 5.74) is 4.01. The van der Waals surface area contributed by atoms with Crippen LogP contribution in [-0.2, 0) is 0 Å². The Morgan fingerprint density at radius 3 is 2.71 bits per heavy atom. The number of hydrogen-bond acceptors (Lipinski definition) is 3. The van der Waals surface area contributed by atoms with Crippen LogP contribution in [0.4, 0.5) is 0 Å². The molecule has 0 aliphatic carbocycles. The maximum Gasteiger partial charge on any atom is 0.225 e. The molecule has 0 atom stereocenters. The Kier molecular flexibility index (Phi) is 2.61. The van der Waals surface area contributed by atoms with Gasteiger partial charge in [0.2, 0.25) is 5.89 Å². The first-order chi connectivity index (χ1) is 10.2. The molecular formula is C18H15NO2. The molecule has 0 saturated heterocycles. The lowest BCUT2D eigenvalue weighted by Crippen LogP contribution is -1.86. The van der Waals surface area contributed by atoms with Gasteiger partial charge in [-0.15, -0.1) is 0 Å². The van der Waals surface area contributed by atoms with E-state index >= 15 is 0 Å². The predicted octanol–water partition coefficient (Wildman–Crippen LogP) is 5.36. The maximum absolute atomic E-state index is 6.11. The molecule has 0 radical (unpaired) electrons. The van der Waals surface area contributed by atoms with Crippen molar-refractivity contribution in [2.45, 2.75) is 19.8 Å². The van der Waals surface area contributed by atoms with E-state index in [2.05, 4.69) is 43.1 Å². The highest BCUT2D eigenvalue weighted by Gasteiger charge is 2.14. The van der Waals surface area contributed by atoms with Crippen LogP contribution in [0.1, 0.15) is 25.3 Å². The summed E-state index contributed by atoms with van der Waals surface area (Å²) in [6, 6.07) is 12.4. The molecule has 0 spiro atoms. The molecule has 0 unspecified atom stereocenters. The summed E-state index contributed by atoms with van der Waals surface area (Å²) < 4.78 is 11.5. The lowest BCUT2D eigenvalue weighted by molar-refractivity contribution is 0.574. The number of furan rings is 1. The predicted molar refractivity (Wildman–Crippen MR) is 83.3 cm³/mol. The van der Waals surface area contributed by atoms with Gasteiger partial charge >= 0.3 is 0 Å². The summed E-state index contributed by atoms with van der Waals surface area (Å²) in [6.45, 7) is 4.36. The molecule has 3 nitrogen and oxygen atoms in total. The zero-order chi connectivity index (χ0) is 14.4. The second-order valence-electron chi connectivity index (χ2n) is 5.53. The minimum Gasteiger partial charge on any atom is -0.456 e. The molecule has 0 aliphatic heterocycles. The fraction of sp³-hybridized carbons (Fsp3) is 0.167. The molecule has 3 heteroatoms. The minimum atomic E-state index is 0.431. The van der Waals surface area contributed by atoms with Gasteiger partial charge < -0.3 is 8.83 Å². The van der Waals surface area contributed by atoms with E-state index in [-0.39, 0.29) is 0 Å². The molecule has 2 heterocycles. The van der Waals surface area contributed by atoms with Crippen molar-refractivity contribution in [2.75, 3.05) is 0 Å². The molecule has 0 saturated carbocycles. The quantitative estimate of drug-likeness (QED) is 0.495. The third-order valence-corrected chi connectivity index (χ3v) is 3.83. The van der Waals surface area contributed by atoms with Crippen molar-refractivity contribution in [2.24, 2.45) is 0 Å². The number of fused-ring (bicyclic) bond motifs is 3. The summed E-state index contributed by atoms with van der Waals surface area (Å²) in [6.07, 6.45) is 3.23. The summed E-state index contributed by atoms with van der Waals surface area (Å²) in [7, 11) is 0. The highest BCUT2D eigenvalue weighted by atomic mass is 16.3. The molecular weight excluding hydrogens is 262 g/mol. The Morgan fingerprint density at radius 2 is 1.95 bits per heavy atom. The van der Waals surface area contributed by atoms with Gasteiger partial charge in [0.15, 0.2) is 0 Å². The summed E-state index contributed by atoms with van der Waals surface area (Å²) in [5, 5.41) is 2.29. The summed E-state index contributed by atoms with van der Waals surface area (Å²) in [4.78, 5) is 4.18. The number of para-hydroxylation sites is 1. The number of hydrogen-bond donors (Lipinski definition) is 0. The maximum atomic E-state index is 6.11.